The van der Waals surface area contributed by atoms with E-state index >= 15 is 0 Å². The van der Waals surface area contributed by atoms with Crippen molar-refractivity contribution < 1.29 is 33.6 Å². The van der Waals surface area contributed by atoms with E-state index in [0.717, 1.165) is 76.7 Å². The lowest BCUT2D eigenvalue weighted by atomic mass is 9.96. The number of nitrogens with one attached hydrogen (secondary N) is 2. The number of rotatable bonds is 13. The van der Waals surface area contributed by atoms with Gasteiger partial charge in [-0.1, -0.05) is 84.9 Å². The Bertz CT molecular complexity index is 2320. The zero-order chi connectivity index (χ0) is 40.6. The molecule has 10 nitrogen and oxygen atoms in total. The maximum atomic E-state index is 12.8. The Hall–Kier alpha value is -6.17. The zero-order valence-corrected chi connectivity index (χ0v) is 33.3. The first-order valence-electron chi connectivity index (χ1n) is 20.0. The number of benzene rings is 6. The smallest absolute Gasteiger partial charge is 0.319 e. The van der Waals surface area contributed by atoms with Crippen molar-refractivity contribution in [3.63, 3.8) is 0 Å². The molecule has 0 bridgehead atoms. The van der Waals surface area contributed by atoms with Crippen molar-refractivity contribution in [2.24, 2.45) is 0 Å². The molecule has 2 heterocycles. The van der Waals surface area contributed by atoms with Gasteiger partial charge in [0.25, 0.3) is 0 Å². The first kappa shape index (κ1) is 39.6. The van der Waals surface area contributed by atoms with Gasteiger partial charge < -0.3 is 39.4 Å². The summed E-state index contributed by atoms with van der Waals surface area (Å²) in [4.78, 5) is 15.2. The molecule has 3 N–H and O–H groups in total. The second kappa shape index (κ2) is 18.6. The molecule has 3 atom stereocenters. The van der Waals surface area contributed by atoms with E-state index in [1.165, 1.54) is 11.1 Å². The van der Waals surface area contributed by atoms with E-state index in [-0.39, 0.29) is 24.8 Å². The summed E-state index contributed by atoms with van der Waals surface area (Å²) in [6.07, 6.45) is 0.806. The van der Waals surface area contributed by atoms with Crippen LogP contribution in [0.1, 0.15) is 52.2 Å². The minimum atomic E-state index is -0.562. The Morgan fingerprint density at radius 2 is 1.44 bits per heavy atom. The van der Waals surface area contributed by atoms with Gasteiger partial charge in [-0.05, 0) is 100.0 Å². The fourth-order valence-electron chi connectivity index (χ4n) is 7.70. The van der Waals surface area contributed by atoms with Crippen LogP contribution in [0, 0.1) is 0 Å². The van der Waals surface area contributed by atoms with Crippen molar-refractivity contribution in [1.82, 2.24) is 10.2 Å². The predicted molar refractivity (Wildman–Crippen MR) is 228 cm³/mol. The first-order valence-corrected chi connectivity index (χ1v) is 20.0. The van der Waals surface area contributed by atoms with Crippen LogP contribution in [0.25, 0.3) is 11.1 Å². The van der Waals surface area contributed by atoms with Gasteiger partial charge in [0, 0.05) is 43.9 Å². The van der Waals surface area contributed by atoms with Gasteiger partial charge in [-0.15, -0.1) is 0 Å². The number of urea groups is 1. The van der Waals surface area contributed by atoms with Crippen LogP contribution in [0.3, 0.4) is 0 Å². The van der Waals surface area contributed by atoms with Gasteiger partial charge in [0.1, 0.15) is 11.5 Å². The molecule has 3 unspecified atom stereocenters. The van der Waals surface area contributed by atoms with E-state index in [0.29, 0.717) is 24.4 Å². The van der Waals surface area contributed by atoms with Crippen molar-refractivity contribution in [1.29, 1.82) is 0 Å². The highest BCUT2D eigenvalue weighted by Crippen LogP contribution is 2.40. The lowest BCUT2D eigenvalue weighted by Gasteiger charge is -2.39. The van der Waals surface area contributed by atoms with Crippen LogP contribution >= 0.6 is 0 Å². The molecular formula is C49H49N3O7. The highest BCUT2D eigenvalue weighted by molar-refractivity contribution is 5.89. The van der Waals surface area contributed by atoms with Gasteiger partial charge in [0.2, 0.25) is 0 Å². The number of methoxy groups -OCH3 is 2. The number of fused-ring (bicyclic) bond motifs is 1. The number of carbonyl (C=O) groups is 1. The van der Waals surface area contributed by atoms with Crippen LogP contribution < -0.4 is 24.8 Å². The molecule has 2 amide bonds. The van der Waals surface area contributed by atoms with Crippen molar-refractivity contribution in [2.75, 3.05) is 32.6 Å². The van der Waals surface area contributed by atoms with Crippen LogP contribution in [0.4, 0.5) is 10.5 Å². The van der Waals surface area contributed by atoms with E-state index < -0.39 is 6.29 Å². The van der Waals surface area contributed by atoms with Crippen molar-refractivity contribution in [2.45, 2.75) is 51.0 Å². The second-order valence-corrected chi connectivity index (χ2v) is 14.9. The average Bonchev–Trinajstić information content (AvgIpc) is 3.29. The molecule has 0 aromatic heterocycles. The minimum Gasteiger partial charge on any atom is -0.493 e. The quantitative estimate of drug-likeness (QED) is 0.106. The highest BCUT2D eigenvalue weighted by Gasteiger charge is 2.34. The van der Waals surface area contributed by atoms with Crippen molar-refractivity contribution in [3.05, 3.63) is 173 Å². The summed E-state index contributed by atoms with van der Waals surface area (Å²) >= 11 is 0. The van der Waals surface area contributed by atoms with Crippen molar-refractivity contribution >= 4 is 11.7 Å². The largest absolute Gasteiger partial charge is 0.493 e. The summed E-state index contributed by atoms with van der Waals surface area (Å²) in [5.74, 6) is 2.94. The molecule has 0 saturated carbocycles. The third-order valence-corrected chi connectivity index (χ3v) is 10.9. The number of aliphatic hydroxyl groups is 1. The number of aliphatic hydroxyl groups excluding tert-OH is 1. The zero-order valence-electron chi connectivity index (χ0n) is 33.3. The molecule has 59 heavy (non-hydrogen) atoms. The van der Waals surface area contributed by atoms with E-state index in [9.17, 15) is 9.90 Å². The van der Waals surface area contributed by atoms with Crippen LogP contribution in [0.5, 0.6) is 23.0 Å². The predicted octanol–water partition coefficient (Wildman–Crippen LogP) is 9.58. The summed E-state index contributed by atoms with van der Waals surface area (Å²) in [6, 6.07) is 45.2. The Morgan fingerprint density at radius 1 is 0.729 bits per heavy atom. The normalized spacial score (nSPS) is 17.7. The summed E-state index contributed by atoms with van der Waals surface area (Å²) < 4.78 is 30.4. The molecule has 0 spiro atoms. The molecule has 1 fully saturated rings. The summed E-state index contributed by atoms with van der Waals surface area (Å²) in [6.45, 7) is 2.83. The standard InChI is InChI=1S/C49H49N3O7/c1-55-46-26-39-23-24-52(30-40(39)27-47(46)56-2)31-44-28-45(36-13-11-33(32-53)12-14-36)59-48(58-44)37-17-15-35(16-18-37)38-8-6-7-34(25-38)29-50-49(54)51-41-19-21-43(22-20-41)57-42-9-4-3-5-10-42/h3-22,25-27,44-45,48,53H,23-24,28-32H2,1-2H3,(H2,50,51,54). The lowest BCUT2D eigenvalue weighted by Crippen LogP contribution is -2.41. The Balaban J connectivity index is 0.908. The average molecular weight is 792 g/mol. The summed E-state index contributed by atoms with van der Waals surface area (Å²) in [5.41, 5.74) is 9.10. The first-order chi connectivity index (χ1) is 28.9. The van der Waals surface area contributed by atoms with Gasteiger partial charge in [0.15, 0.2) is 17.8 Å². The summed E-state index contributed by atoms with van der Waals surface area (Å²) in [5, 5.41) is 15.5. The fraction of sp³-hybridized carbons (Fsp3) is 0.245. The molecular weight excluding hydrogens is 743 g/mol. The minimum absolute atomic E-state index is 0.00400. The molecule has 1 saturated heterocycles. The van der Waals surface area contributed by atoms with Crippen LogP contribution in [-0.4, -0.2) is 49.5 Å². The molecule has 6 aromatic rings. The summed E-state index contributed by atoms with van der Waals surface area (Å²) in [7, 11) is 3.34. The molecule has 302 valence electrons. The Kier molecular flexibility index (Phi) is 12.5. The van der Waals surface area contributed by atoms with Gasteiger partial charge in [-0.25, -0.2) is 4.79 Å². The van der Waals surface area contributed by atoms with Gasteiger partial charge in [-0.3, -0.25) is 4.90 Å². The number of carbonyl (C=O) groups excluding carboxylic acids is 1. The third-order valence-electron chi connectivity index (χ3n) is 10.9. The molecule has 8 rings (SSSR count). The molecule has 2 aliphatic heterocycles. The van der Waals surface area contributed by atoms with Crippen molar-refractivity contribution in [3.8, 4) is 34.1 Å². The lowest BCUT2D eigenvalue weighted by molar-refractivity contribution is -0.253. The van der Waals surface area contributed by atoms with E-state index in [1.54, 1.807) is 14.2 Å². The number of nitrogens with zero attached hydrogens (tertiary/aromatic N) is 1. The Morgan fingerprint density at radius 3 is 2.17 bits per heavy atom. The monoisotopic (exact) mass is 791 g/mol. The highest BCUT2D eigenvalue weighted by atomic mass is 16.7. The van der Waals surface area contributed by atoms with Crippen LogP contribution in [-0.2, 0) is 35.6 Å². The molecule has 10 heteroatoms. The number of hydrogen-bond donors (Lipinski definition) is 3. The van der Waals surface area contributed by atoms with Crippen LogP contribution in [0.15, 0.2) is 140 Å². The molecule has 2 aliphatic rings. The number of ether oxygens (including phenoxy) is 5. The van der Waals surface area contributed by atoms with Crippen LogP contribution in [0.2, 0.25) is 0 Å². The van der Waals surface area contributed by atoms with E-state index in [1.807, 2.05) is 91.0 Å². The second-order valence-electron chi connectivity index (χ2n) is 14.9. The topological polar surface area (TPSA) is 111 Å². The number of amides is 2. The Labute approximate surface area is 345 Å². The molecule has 0 radical (unpaired) electrons. The van der Waals surface area contributed by atoms with Gasteiger partial charge >= 0.3 is 6.03 Å². The van der Waals surface area contributed by atoms with Gasteiger partial charge in [0.05, 0.1) is 33.0 Å². The maximum Gasteiger partial charge on any atom is 0.319 e. The fourth-order valence-corrected chi connectivity index (χ4v) is 7.70. The number of anilines is 1. The van der Waals surface area contributed by atoms with Gasteiger partial charge in [-0.2, -0.15) is 0 Å². The number of para-hydroxylation sites is 1. The maximum absolute atomic E-state index is 12.8. The SMILES string of the molecule is COc1cc2c(cc1OC)CN(CC1CC(c3ccc(CO)cc3)OC(c3ccc(-c4cccc(CNC(=O)Nc5ccc(Oc6ccccc6)cc5)c4)cc3)O1)CC2. The molecule has 6 aromatic carbocycles. The number of hydrogen-bond acceptors (Lipinski definition) is 8. The van der Waals surface area contributed by atoms with E-state index in [2.05, 4.69) is 64.1 Å². The molecule has 0 aliphatic carbocycles. The van der Waals surface area contributed by atoms with E-state index in [4.69, 9.17) is 23.7 Å². The third kappa shape index (κ3) is 9.93.